The number of rotatable bonds is 3. The summed E-state index contributed by atoms with van der Waals surface area (Å²) in [6, 6.07) is 17.2. The van der Waals surface area contributed by atoms with Crippen LogP contribution >= 0.6 is 11.8 Å². The molecule has 2 aromatic rings. The number of hydrogen-bond acceptors (Lipinski definition) is 2. The molecule has 0 bridgehead atoms. The summed E-state index contributed by atoms with van der Waals surface area (Å²) in [7, 11) is 0. The minimum atomic E-state index is -0.211. The van der Waals surface area contributed by atoms with E-state index in [1.54, 1.807) is 17.8 Å². The van der Waals surface area contributed by atoms with Crippen LogP contribution in [0, 0.1) is 5.82 Å². The predicted octanol–water partition coefficient (Wildman–Crippen LogP) is 3.76. The van der Waals surface area contributed by atoms with E-state index in [0.29, 0.717) is 12.6 Å². The van der Waals surface area contributed by atoms with Crippen LogP contribution in [0.25, 0.3) is 0 Å². The molecule has 1 fully saturated rings. The molecule has 1 atom stereocenters. The van der Waals surface area contributed by atoms with Crippen molar-refractivity contribution >= 4 is 16.9 Å². The van der Waals surface area contributed by atoms with Crippen LogP contribution in [0.4, 0.5) is 4.39 Å². The summed E-state index contributed by atoms with van der Waals surface area (Å²) in [4.78, 5) is 4.51. The van der Waals surface area contributed by atoms with Crippen LogP contribution in [-0.4, -0.2) is 10.9 Å². The third-order valence-electron chi connectivity index (χ3n) is 3.18. The highest BCUT2D eigenvalue weighted by atomic mass is 32.2. The maximum atomic E-state index is 13.1. The maximum absolute atomic E-state index is 13.1. The molecule has 1 unspecified atom stereocenters. The van der Waals surface area contributed by atoms with Gasteiger partial charge in [-0.25, -0.2) is 4.39 Å². The lowest BCUT2D eigenvalue weighted by Gasteiger charge is -2.09. The average molecular weight is 286 g/mol. The van der Waals surface area contributed by atoms with Crippen LogP contribution in [-0.2, 0) is 6.54 Å². The summed E-state index contributed by atoms with van der Waals surface area (Å²) in [5, 5.41) is 4.34. The fourth-order valence-corrected chi connectivity index (χ4v) is 3.13. The molecule has 1 aliphatic heterocycles. The van der Waals surface area contributed by atoms with Gasteiger partial charge in [-0.05, 0) is 23.3 Å². The lowest BCUT2D eigenvalue weighted by molar-refractivity contribution is 0.625. The Morgan fingerprint density at radius 1 is 1.15 bits per heavy atom. The van der Waals surface area contributed by atoms with Crippen LogP contribution in [0.5, 0.6) is 0 Å². The molecule has 2 nitrogen and oxygen atoms in total. The van der Waals surface area contributed by atoms with Crippen molar-refractivity contribution in [2.75, 3.05) is 5.75 Å². The summed E-state index contributed by atoms with van der Waals surface area (Å²) in [5.41, 5.74) is 2.17. The Bertz CT molecular complexity index is 613. The smallest absolute Gasteiger partial charge is 0.157 e. The van der Waals surface area contributed by atoms with E-state index in [1.807, 2.05) is 24.3 Å². The van der Waals surface area contributed by atoms with E-state index in [-0.39, 0.29) is 5.82 Å². The minimum absolute atomic E-state index is 0.211. The number of nitrogens with zero attached hydrogens (tertiary/aromatic N) is 1. The highest BCUT2D eigenvalue weighted by Gasteiger charge is 2.21. The molecule has 0 aliphatic carbocycles. The number of halogens is 1. The molecule has 2 aromatic carbocycles. The zero-order valence-corrected chi connectivity index (χ0v) is 11.7. The third-order valence-corrected chi connectivity index (χ3v) is 4.20. The quantitative estimate of drug-likeness (QED) is 0.929. The van der Waals surface area contributed by atoms with Crippen molar-refractivity contribution in [3.05, 3.63) is 71.5 Å². The molecule has 102 valence electrons. The van der Waals surface area contributed by atoms with Gasteiger partial charge in [-0.1, -0.05) is 54.2 Å². The second kappa shape index (κ2) is 6.09. The van der Waals surface area contributed by atoms with Crippen molar-refractivity contribution in [1.82, 2.24) is 5.32 Å². The lowest BCUT2D eigenvalue weighted by Crippen LogP contribution is -2.19. The molecule has 1 N–H and O–H groups in total. The van der Waals surface area contributed by atoms with Gasteiger partial charge in [0.15, 0.2) is 5.17 Å². The summed E-state index contributed by atoms with van der Waals surface area (Å²) in [5.74, 6) is 0.767. The largest absolute Gasteiger partial charge is 0.357 e. The molecule has 0 saturated carbocycles. The summed E-state index contributed by atoms with van der Waals surface area (Å²) >= 11 is 1.71. The third kappa shape index (κ3) is 3.20. The number of amidine groups is 1. The predicted molar refractivity (Wildman–Crippen MR) is 82.3 cm³/mol. The van der Waals surface area contributed by atoms with Crippen molar-refractivity contribution in [3.63, 3.8) is 0 Å². The van der Waals surface area contributed by atoms with E-state index >= 15 is 0 Å². The number of benzene rings is 2. The summed E-state index contributed by atoms with van der Waals surface area (Å²) in [6.45, 7) is 0.509. The fourth-order valence-electron chi connectivity index (χ4n) is 2.15. The standard InChI is InChI=1S/C16H15FN2S/c17-14-8-4-5-12(9-14)10-18-16-19-15(11-20-16)13-6-2-1-3-7-13/h1-9,15H,10-11H2,(H,18,19). The first kappa shape index (κ1) is 13.2. The highest BCUT2D eigenvalue weighted by molar-refractivity contribution is 8.14. The Balaban J connectivity index is 1.64. The van der Waals surface area contributed by atoms with Gasteiger partial charge in [-0.3, -0.25) is 4.99 Å². The van der Waals surface area contributed by atoms with E-state index in [4.69, 9.17) is 0 Å². The van der Waals surface area contributed by atoms with E-state index in [1.165, 1.54) is 17.7 Å². The van der Waals surface area contributed by atoms with Gasteiger partial charge >= 0.3 is 0 Å². The normalized spacial score (nSPS) is 20.1. The Morgan fingerprint density at radius 2 is 2.00 bits per heavy atom. The number of nitrogens with one attached hydrogen (secondary N) is 1. The Labute approximate surface area is 122 Å². The lowest BCUT2D eigenvalue weighted by atomic mass is 10.1. The molecule has 1 saturated heterocycles. The number of thioether (sulfide) groups is 1. The maximum Gasteiger partial charge on any atom is 0.157 e. The molecule has 3 rings (SSSR count). The van der Waals surface area contributed by atoms with Gasteiger partial charge in [0.1, 0.15) is 5.82 Å². The summed E-state index contributed by atoms with van der Waals surface area (Å²) in [6.07, 6.45) is 0. The van der Waals surface area contributed by atoms with Crippen LogP contribution < -0.4 is 5.32 Å². The zero-order chi connectivity index (χ0) is 13.8. The van der Waals surface area contributed by atoms with Crippen LogP contribution in [0.1, 0.15) is 17.2 Å². The highest BCUT2D eigenvalue weighted by Crippen LogP contribution is 2.26. The van der Waals surface area contributed by atoms with Crippen LogP contribution in [0.2, 0.25) is 0 Å². The molecular weight excluding hydrogens is 271 g/mol. The molecule has 0 spiro atoms. The van der Waals surface area contributed by atoms with Gasteiger partial charge in [0.25, 0.3) is 0 Å². The van der Waals surface area contributed by atoms with Gasteiger partial charge in [-0.15, -0.1) is 0 Å². The second-order valence-corrected chi connectivity index (χ2v) is 5.68. The van der Waals surface area contributed by atoms with Gasteiger partial charge < -0.3 is 5.32 Å². The van der Waals surface area contributed by atoms with Crippen molar-refractivity contribution in [2.24, 2.45) is 4.99 Å². The summed E-state index contributed by atoms with van der Waals surface area (Å²) < 4.78 is 13.1. The molecule has 0 radical (unpaired) electrons. The van der Waals surface area contributed by atoms with Crippen molar-refractivity contribution in [2.45, 2.75) is 12.6 Å². The molecule has 20 heavy (non-hydrogen) atoms. The second-order valence-electron chi connectivity index (χ2n) is 4.67. The fraction of sp³-hybridized carbons (Fsp3) is 0.188. The van der Waals surface area contributed by atoms with Crippen molar-refractivity contribution in [3.8, 4) is 0 Å². The average Bonchev–Trinajstić information content (AvgIpc) is 2.95. The number of hydrogen-bond donors (Lipinski definition) is 1. The van der Waals surface area contributed by atoms with Gasteiger partial charge in [0, 0.05) is 5.75 Å². The molecule has 0 amide bonds. The molecular formula is C16H15FN2S. The van der Waals surface area contributed by atoms with Crippen LogP contribution in [0.3, 0.4) is 0 Å². The monoisotopic (exact) mass is 286 g/mol. The van der Waals surface area contributed by atoms with Gasteiger partial charge in [0.05, 0.1) is 12.6 Å². The first-order valence-corrected chi connectivity index (χ1v) is 7.53. The number of aliphatic imine (C=N–C) groups is 1. The first-order valence-electron chi connectivity index (χ1n) is 6.54. The van der Waals surface area contributed by atoms with Crippen LogP contribution in [0.15, 0.2) is 59.6 Å². The zero-order valence-electron chi connectivity index (χ0n) is 10.9. The van der Waals surface area contributed by atoms with E-state index < -0.39 is 0 Å². The Kier molecular flexibility index (Phi) is 4.02. The molecule has 4 heteroatoms. The SMILES string of the molecule is Fc1cccc(CN=C2NC(c3ccccc3)CS2)c1. The molecule has 1 heterocycles. The Morgan fingerprint density at radius 3 is 2.80 bits per heavy atom. The van der Waals surface area contributed by atoms with E-state index in [9.17, 15) is 4.39 Å². The minimum Gasteiger partial charge on any atom is -0.357 e. The molecule has 0 aromatic heterocycles. The van der Waals surface area contributed by atoms with Crippen molar-refractivity contribution < 1.29 is 4.39 Å². The van der Waals surface area contributed by atoms with E-state index in [0.717, 1.165) is 16.5 Å². The molecule has 1 aliphatic rings. The Hall–Kier alpha value is -1.81. The van der Waals surface area contributed by atoms with E-state index in [2.05, 4.69) is 22.4 Å². The topological polar surface area (TPSA) is 24.4 Å². The first-order chi connectivity index (χ1) is 9.81. The van der Waals surface area contributed by atoms with Crippen molar-refractivity contribution in [1.29, 1.82) is 0 Å². The van der Waals surface area contributed by atoms with Gasteiger partial charge in [-0.2, -0.15) is 0 Å². The van der Waals surface area contributed by atoms with Gasteiger partial charge in [0.2, 0.25) is 0 Å².